The smallest absolute Gasteiger partial charge is 0.0311 e. The van der Waals surface area contributed by atoms with E-state index in [0.717, 1.165) is 0 Å². The molecule has 0 N–H and O–H groups in total. The van der Waals surface area contributed by atoms with Crippen molar-refractivity contribution in [1.29, 1.82) is 0 Å². The van der Waals surface area contributed by atoms with Crippen LogP contribution in [0.2, 0.25) is 0 Å². The molecule has 0 spiro atoms. The minimum Gasteiger partial charge on any atom is -0.759 e. The maximum atomic E-state index is 8.52. The Morgan fingerprint density at radius 1 is 1.00 bits per heavy atom. The fraction of sp³-hybridized carbons (Fsp3) is 0. The fourth-order valence-electron chi connectivity index (χ4n) is 0.313. The van der Waals surface area contributed by atoms with Crippen LogP contribution in [0.25, 0.3) is 0 Å². The van der Waals surface area contributed by atoms with E-state index in [4.69, 9.17) is 17.5 Å². The summed E-state index contributed by atoms with van der Waals surface area (Å²) in [6, 6.07) is 5.72. The second-order valence-corrected chi connectivity index (χ2v) is 2.25. The van der Waals surface area contributed by atoms with Gasteiger partial charge >= 0.3 is 0 Å². The van der Waals surface area contributed by atoms with Gasteiger partial charge in [-0.25, -0.2) is 0 Å². The third kappa shape index (κ3) is 17.6. The molecule has 6 heteroatoms. The Labute approximate surface area is 64.3 Å². The van der Waals surface area contributed by atoms with Crippen molar-refractivity contribution >= 4 is 10.4 Å². The van der Waals surface area contributed by atoms with Crippen LogP contribution in [0, 0.1) is 0 Å². The number of hydrogen-bond donors (Lipinski definition) is 0. The van der Waals surface area contributed by atoms with Crippen LogP contribution < -0.4 is 0 Å². The average Bonchev–Trinajstić information content (AvgIpc) is 1.88. The molecule has 62 valence electrons. The van der Waals surface area contributed by atoms with E-state index >= 15 is 0 Å². The minimum absolute atomic E-state index is 1.75. The molecule has 5 nitrogen and oxygen atoms in total. The molecule has 0 saturated carbocycles. The molecule has 1 rings (SSSR count). The lowest BCUT2D eigenvalue weighted by molar-refractivity contribution is 0.352. The molecule has 1 aromatic heterocycles. The molecule has 1 heterocycles. The molecule has 0 fully saturated rings. The Morgan fingerprint density at radius 2 is 1.36 bits per heavy atom. The van der Waals surface area contributed by atoms with E-state index in [2.05, 4.69) is 4.98 Å². The van der Waals surface area contributed by atoms with Crippen LogP contribution in [-0.2, 0) is 10.4 Å². The number of rotatable bonds is 0. The maximum Gasteiger partial charge on any atom is 0.0311 e. The molecule has 0 radical (unpaired) electrons. The topological polar surface area (TPSA) is 93.2 Å². The summed E-state index contributed by atoms with van der Waals surface area (Å²) in [4.78, 5) is 3.78. The molecule has 0 aromatic carbocycles. The van der Waals surface area contributed by atoms with Crippen molar-refractivity contribution in [2.24, 2.45) is 0 Å². The van der Waals surface area contributed by atoms with Gasteiger partial charge in [0, 0.05) is 22.8 Å². The van der Waals surface area contributed by atoms with Crippen LogP contribution in [0.4, 0.5) is 0 Å². The van der Waals surface area contributed by atoms with Crippen molar-refractivity contribution in [2.45, 2.75) is 0 Å². The van der Waals surface area contributed by atoms with Crippen LogP contribution in [0.1, 0.15) is 0 Å². The van der Waals surface area contributed by atoms with Crippen molar-refractivity contribution in [2.75, 3.05) is 0 Å². The number of nitrogens with zero attached hydrogens (tertiary/aromatic N) is 1. The first-order valence-electron chi connectivity index (χ1n) is 2.52. The number of pyridine rings is 1. The largest absolute Gasteiger partial charge is 0.759 e. The first-order chi connectivity index (χ1) is 5.00. The van der Waals surface area contributed by atoms with Crippen molar-refractivity contribution in [3.05, 3.63) is 30.6 Å². The fourth-order valence-corrected chi connectivity index (χ4v) is 0.313. The van der Waals surface area contributed by atoms with Crippen LogP contribution in [-0.4, -0.2) is 22.5 Å². The van der Waals surface area contributed by atoms with Gasteiger partial charge in [-0.2, -0.15) is 0 Å². The van der Waals surface area contributed by atoms with Gasteiger partial charge in [0.05, 0.1) is 0 Å². The molecular formula is C5H5NO4S-2. The summed E-state index contributed by atoms with van der Waals surface area (Å²) in [5.74, 6) is 0. The van der Waals surface area contributed by atoms with Gasteiger partial charge < -0.3 is 9.11 Å². The Balaban J connectivity index is 0.000000187. The lowest BCUT2D eigenvalue weighted by atomic mass is 10.5. The molecule has 11 heavy (non-hydrogen) atoms. The first kappa shape index (κ1) is 10.0. The second kappa shape index (κ2) is 4.78. The van der Waals surface area contributed by atoms with Gasteiger partial charge in [0.1, 0.15) is 0 Å². The molecule has 0 saturated heterocycles. The Kier molecular flexibility index (Phi) is 4.35. The van der Waals surface area contributed by atoms with Gasteiger partial charge in [0.25, 0.3) is 0 Å². The zero-order valence-corrected chi connectivity index (χ0v) is 6.19. The molecule has 1 aromatic rings. The maximum absolute atomic E-state index is 8.52. The summed E-state index contributed by atoms with van der Waals surface area (Å²) in [6.45, 7) is 0. The molecule has 0 atom stereocenters. The summed E-state index contributed by atoms with van der Waals surface area (Å²) in [5.41, 5.74) is 0. The molecule has 0 aliphatic carbocycles. The van der Waals surface area contributed by atoms with Gasteiger partial charge in [0.2, 0.25) is 0 Å². The van der Waals surface area contributed by atoms with Gasteiger partial charge in [-0.05, 0) is 12.1 Å². The van der Waals surface area contributed by atoms with Crippen LogP contribution >= 0.6 is 0 Å². The zero-order chi connectivity index (χ0) is 8.74. The molecule has 0 bridgehead atoms. The molecule has 0 aliphatic heterocycles. The van der Waals surface area contributed by atoms with E-state index in [9.17, 15) is 0 Å². The average molecular weight is 175 g/mol. The number of aromatic nitrogens is 1. The highest BCUT2D eigenvalue weighted by Crippen LogP contribution is 1.73. The SMILES string of the molecule is O=S(=O)([O-])[O-].c1ccncc1. The van der Waals surface area contributed by atoms with Gasteiger partial charge in [0.15, 0.2) is 0 Å². The van der Waals surface area contributed by atoms with E-state index in [1.54, 1.807) is 12.4 Å². The van der Waals surface area contributed by atoms with E-state index in [0.29, 0.717) is 0 Å². The Hall–Kier alpha value is -0.980. The van der Waals surface area contributed by atoms with E-state index in [1.165, 1.54) is 0 Å². The summed E-state index contributed by atoms with van der Waals surface area (Å²) in [5, 5.41) is 0. The molecular weight excluding hydrogens is 170 g/mol. The first-order valence-corrected chi connectivity index (χ1v) is 3.85. The van der Waals surface area contributed by atoms with E-state index in [1.807, 2.05) is 18.2 Å². The normalized spacial score (nSPS) is 9.64. The standard InChI is InChI=1S/C5H5N.H2O4S/c1-2-4-6-5-3-1;1-5(2,3)4/h1-5H;(H2,1,2,3,4)/p-2. The van der Waals surface area contributed by atoms with Gasteiger partial charge in [-0.3, -0.25) is 13.4 Å². The van der Waals surface area contributed by atoms with Crippen molar-refractivity contribution in [3.63, 3.8) is 0 Å². The summed E-state index contributed by atoms with van der Waals surface area (Å²) < 4.78 is 34.1. The Morgan fingerprint density at radius 3 is 1.45 bits per heavy atom. The monoisotopic (exact) mass is 175 g/mol. The summed E-state index contributed by atoms with van der Waals surface area (Å²) >= 11 is 0. The van der Waals surface area contributed by atoms with Crippen LogP contribution in [0.3, 0.4) is 0 Å². The van der Waals surface area contributed by atoms with Crippen LogP contribution in [0.15, 0.2) is 30.6 Å². The van der Waals surface area contributed by atoms with Crippen molar-refractivity contribution in [1.82, 2.24) is 4.98 Å². The highest BCUT2D eigenvalue weighted by molar-refractivity contribution is 7.79. The number of hydrogen-bond acceptors (Lipinski definition) is 5. The van der Waals surface area contributed by atoms with E-state index in [-0.39, 0.29) is 0 Å². The molecule has 0 unspecified atom stereocenters. The third-order valence-electron chi connectivity index (χ3n) is 0.566. The second-order valence-electron chi connectivity index (χ2n) is 1.43. The van der Waals surface area contributed by atoms with Gasteiger partial charge in [-0.15, -0.1) is 0 Å². The minimum atomic E-state index is -5.17. The highest BCUT2D eigenvalue weighted by Gasteiger charge is 1.58. The molecule has 0 amide bonds. The predicted molar refractivity (Wildman–Crippen MR) is 34.7 cm³/mol. The zero-order valence-electron chi connectivity index (χ0n) is 5.38. The quantitative estimate of drug-likeness (QED) is 0.400. The summed E-state index contributed by atoms with van der Waals surface area (Å²) in [7, 11) is -5.17. The van der Waals surface area contributed by atoms with E-state index < -0.39 is 10.4 Å². The molecule has 0 aliphatic rings. The van der Waals surface area contributed by atoms with Crippen molar-refractivity contribution in [3.8, 4) is 0 Å². The predicted octanol–water partition coefficient (Wildman–Crippen LogP) is -0.256. The van der Waals surface area contributed by atoms with Gasteiger partial charge in [-0.1, -0.05) is 6.07 Å². The Bertz CT molecular complexity index is 235. The third-order valence-corrected chi connectivity index (χ3v) is 0.566. The lowest BCUT2D eigenvalue weighted by Gasteiger charge is -2.06. The highest BCUT2D eigenvalue weighted by atomic mass is 32.3. The van der Waals surface area contributed by atoms with Crippen molar-refractivity contribution < 1.29 is 17.5 Å². The van der Waals surface area contributed by atoms with Crippen LogP contribution in [0.5, 0.6) is 0 Å². The summed E-state index contributed by atoms with van der Waals surface area (Å²) in [6.07, 6.45) is 3.50. The lowest BCUT2D eigenvalue weighted by Crippen LogP contribution is -1.91.